The number of anilines is 2. The van der Waals surface area contributed by atoms with E-state index in [0.29, 0.717) is 17.1 Å². The summed E-state index contributed by atoms with van der Waals surface area (Å²) in [4.78, 5) is 11.7. The molecule has 0 aliphatic carbocycles. The lowest BCUT2D eigenvalue weighted by Crippen LogP contribution is -2.20. The molecule has 4 N–H and O–H groups in total. The van der Waals surface area contributed by atoms with E-state index in [2.05, 4.69) is 5.32 Å². The second-order valence-corrected chi connectivity index (χ2v) is 4.26. The fraction of sp³-hybridized carbons (Fsp3) is 0.133. The third kappa shape index (κ3) is 4.00. The predicted molar refractivity (Wildman–Crippen MR) is 77.3 cm³/mol. The van der Waals surface area contributed by atoms with E-state index in [9.17, 15) is 4.79 Å². The molecule has 0 saturated heterocycles. The van der Waals surface area contributed by atoms with Crippen LogP contribution in [-0.4, -0.2) is 17.6 Å². The summed E-state index contributed by atoms with van der Waals surface area (Å²) in [5.41, 5.74) is 7.60. The highest BCUT2D eigenvalue weighted by Crippen LogP contribution is 2.14. The van der Waals surface area contributed by atoms with E-state index >= 15 is 0 Å². The lowest BCUT2D eigenvalue weighted by molar-refractivity contribution is -0.118. The molecule has 0 spiro atoms. The highest BCUT2D eigenvalue weighted by molar-refractivity contribution is 5.92. The lowest BCUT2D eigenvalue weighted by Gasteiger charge is -2.08. The van der Waals surface area contributed by atoms with Gasteiger partial charge in [0.2, 0.25) is 0 Å². The monoisotopic (exact) mass is 272 g/mol. The number of carbonyl (C=O) groups is 1. The van der Waals surface area contributed by atoms with Crippen LogP contribution < -0.4 is 15.8 Å². The van der Waals surface area contributed by atoms with Crippen LogP contribution in [0.4, 0.5) is 11.4 Å². The summed E-state index contributed by atoms with van der Waals surface area (Å²) in [6.07, 6.45) is 0. The Hall–Kier alpha value is -2.53. The number of nitrogens with two attached hydrogens (primary N) is 1. The second kappa shape index (κ2) is 6.58. The van der Waals surface area contributed by atoms with Gasteiger partial charge in [-0.2, -0.15) is 0 Å². The molecular weight excluding hydrogens is 256 g/mol. The van der Waals surface area contributed by atoms with E-state index in [1.807, 2.05) is 0 Å². The zero-order valence-electron chi connectivity index (χ0n) is 10.9. The van der Waals surface area contributed by atoms with Crippen LogP contribution in [-0.2, 0) is 11.4 Å². The van der Waals surface area contributed by atoms with E-state index in [1.54, 1.807) is 48.5 Å². The minimum Gasteiger partial charge on any atom is -0.484 e. The van der Waals surface area contributed by atoms with Crippen molar-refractivity contribution in [3.05, 3.63) is 54.1 Å². The molecule has 5 heteroatoms. The maximum absolute atomic E-state index is 11.7. The van der Waals surface area contributed by atoms with Gasteiger partial charge in [-0.05, 0) is 42.0 Å². The molecule has 0 saturated carbocycles. The number of nitrogens with one attached hydrogen (secondary N) is 1. The van der Waals surface area contributed by atoms with Crippen molar-refractivity contribution < 1.29 is 14.6 Å². The largest absolute Gasteiger partial charge is 0.484 e. The van der Waals surface area contributed by atoms with Crippen LogP contribution in [0.2, 0.25) is 0 Å². The number of nitrogen functional groups attached to an aromatic ring is 1. The van der Waals surface area contributed by atoms with Gasteiger partial charge in [-0.1, -0.05) is 12.1 Å². The van der Waals surface area contributed by atoms with Gasteiger partial charge in [0.25, 0.3) is 5.91 Å². The first-order valence-electron chi connectivity index (χ1n) is 6.15. The van der Waals surface area contributed by atoms with Crippen LogP contribution in [0.1, 0.15) is 5.56 Å². The molecule has 0 heterocycles. The molecule has 0 unspecified atom stereocenters. The first-order valence-corrected chi connectivity index (χ1v) is 6.15. The van der Waals surface area contributed by atoms with Gasteiger partial charge in [-0.25, -0.2) is 0 Å². The molecule has 0 aliphatic heterocycles. The fourth-order valence-corrected chi connectivity index (χ4v) is 1.65. The van der Waals surface area contributed by atoms with Crippen molar-refractivity contribution in [1.82, 2.24) is 0 Å². The second-order valence-electron chi connectivity index (χ2n) is 4.26. The Morgan fingerprint density at radius 1 is 1.20 bits per heavy atom. The third-order valence-corrected chi connectivity index (χ3v) is 2.65. The number of rotatable bonds is 5. The van der Waals surface area contributed by atoms with Crippen molar-refractivity contribution >= 4 is 17.3 Å². The van der Waals surface area contributed by atoms with Crippen molar-refractivity contribution in [2.24, 2.45) is 0 Å². The summed E-state index contributed by atoms with van der Waals surface area (Å²) < 4.78 is 5.36. The summed E-state index contributed by atoms with van der Waals surface area (Å²) in [7, 11) is 0. The smallest absolute Gasteiger partial charge is 0.262 e. The normalized spacial score (nSPS) is 10.1. The number of hydrogen-bond donors (Lipinski definition) is 3. The molecule has 0 bridgehead atoms. The molecule has 1 amide bonds. The van der Waals surface area contributed by atoms with Crippen molar-refractivity contribution in [3.63, 3.8) is 0 Å². The Kier molecular flexibility index (Phi) is 4.57. The molecule has 2 aromatic rings. The summed E-state index contributed by atoms with van der Waals surface area (Å²) in [5.74, 6) is 0.285. The minimum absolute atomic E-state index is 0.0607. The number of aliphatic hydroxyl groups is 1. The number of hydrogen-bond acceptors (Lipinski definition) is 4. The number of ether oxygens (including phenoxy) is 1. The maximum atomic E-state index is 11.7. The molecular formula is C15H16N2O3. The fourth-order valence-electron chi connectivity index (χ4n) is 1.65. The molecule has 20 heavy (non-hydrogen) atoms. The van der Waals surface area contributed by atoms with Gasteiger partial charge in [0, 0.05) is 11.4 Å². The van der Waals surface area contributed by atoms with E-state index < -0.39 is 0 Å². The van der Waals surface area contributed by atoms with Crippen molar-refractivity contribution in [2.75, 3.05) is 17.7 Å². The van der Waals surface area contributed by atoms with Crippen LogP contribution in [0.15, 0.2) is 48.5 Å². The molecule has 0 aromatic heterocycles. The van der Waals surface area contributed by atoms with Crippen LogP contribution in [0, 0.1) is 0 Å². The van der Waals surface area contributed by atoms with E-state index in [1.165, 1.54) is 0 Å². The van der Waals surface area contributed by atoms with Gasteiger partial charge in [0.15, 0.2) is 6.61 Å². The quantitative estimate of drug-likeness (QED) is 0.724. The van der Waals surface area contributed by atoms with Crippen LogP contribution in [0.5, 0.6) is 5.75 Å². The first-order chi connectivity index (χ1) is 9.67. The topological polar surface area (TPSA) is 84.6 Å². The van der Waals surface area contributed by atoms with E-state index in [4.69, 9.17) is 15.6 Å². The van der Waals surface area contributed by atoms with Gasteiger partial charge in [0.1, 0.15) is 5.75 Å². The highest BCUT2D eigenvalue weighted by Gasteiger charge is 2.04. The predicted octanol–water partition coefficient (Wildman–Crippen LogP) is 1.78. The Labute approximate surface area is 117 Å². The molecule has 0 aliphatic rings. The molecule has 2 rings (SSSR count). The van der Waals surface area contributed by atoms with E-state index in [-0.39, 0.29) is 19.1 Å². The van der Waals surface area contributed by atoms with Crippen LogP contribution in [0.3, 0.4) is 0 Å². The van der Waals surface area contributed by atoms with Crippen molar-refractivity contribution in [3.8, 4) is 5.75 Å². The summed E-state index contributed by atoms with van der Waals surface area (Å²) >= 11 is 0. The van der Waals surface area contributed by atoms with Crippen LogP contribution >= 0.6 is 0 Å². The van der Waals surface area contributed by atoms with Gasteiger partial charge < -0.3 is 20.9 Å². The molecule has 2 aromatic carbocycles. The molecule has 0 fully saturated rings. The SMILES string of the molecule is Nc1ccc(NC(=O)COc2cccc(CO)c2)cc1. The standard InChI is InChI=1S/C15H16N2O3/c16-12-4-6-13(7-5-12)17-15(19)10-20-14-3-1-2-11(8-14)9-18/h1-8,18H,9-10,16H2,(H,17,19). The Balaban J connectivity index is 1.87. The summed E-state index contributed by atoms with van der Waals surface area (Å²) in [6.45, 7) is -0.159. The highest BCUT2D eigenvalue weighted by atomic mass is 16.5. The summed E-state index contributed by atoms with van der Waals surface area (Å²) in [5, 5.41) is 11.7. The van der Waals surface area contributed by atoms with Gasteiger partial charge in [0.05, 0.1) is 6.61 Å². The molecule has 0 atom stereocenters. The Bertz CT molecular complexity index is 582. The zero-order chi connectivity index (χ0) is 14.4. The zero-order valence-corrected chi connectivity index (χ0v) is 10.9. The van der Waals surface area contributed by atoms with Gasteiger partial charge in [-0.15, -0.1) is 0 Å². The molecule has 0 radical (unpaired) electrons. The average molecular weight is 272 g/mol. The lowest BCUT2D eigenvalue weighted by atomic mass is 10.2. The first kappa shape index (κ1) is 13.9. The third-order valence-electron chi connectivity index (χ3n) is 2.65. The average Bonchev–Trinajstić information content (AvgIpc) is 2.48. The van der Waals surface area contributed by atoms with Crippen molar-refractivity contribution in [1.29, 1.82) is 0 Å². The minimum atomic E-state index is -0.260. The van der Waals surface area contributed by atoms with Gasteiger partial charge in [-0.3, -0.25) is 4.79 Å². The summed E-state index contributed by atoms with van der Waals surface area (Å²) in [6, 6.07) is 13.8. The van der Waals surface area contributed by atoms with Gasteiger partial charge >= 0.3 is 0 Å². The van der Waals surface area contributed by atoms with Crippen molar-refractivity contribution in [2.45, 2.75) is 6.61 Å². The molecule has 5 nitrogen and oxygen atoms in total. The number of carbonyl (C=O) groups excluding carboxylic acids is 1. The molecule has 104 valence electrons. The maximum Gasteiger partial charge on any atom is 0.262 e. The van der Waals surface area contributed by atoms with Crippen LogP contribution in [0.25, 0.3) is 0 Å². The number of benzene rings is 2. The van der Waals surface area contributed by atoms with E-state index in [0.717, 1.165) is 5.56 Å². The Morgan fingerprint density at radius 3 is 2.65 bits per heavy atom. The Morgan fingerprint density at radius 2 is 1.95 bits per heavy atom. The number of aliphatic hydroxyl groups excluding tert-OH is 1. The number of amides is 1.